The number of amides is 1. The van der Waals surface area contributed by atoms with Gasteiger partial charge in [0.1, 0.15) is 0 Å². The number of benzene rings is 1. The molecule has 3 heteroatoms. The van der Waals surface area contributed by atoms with Crippen molar-refractivity contribution in [3.05, 3.63) is 30.3 Å². The van der Waals surface area contributed by atoms with Gasteiger partial charge >= 0.3 is 0 Å². The summed E-state index contributed by atoms with van der Waals surface area (Å²) in [4.78, 5) is 14.2. The number of hydrogen-bond donors (Lipinski definition) is 0. The van der Waals surface area contributed by atoms with Gasteiger partial charge in [-0.1, -0.05) is 45.4 Å². The molecule has 0 fully saturated rings. The van der Waals surface area contributed by atoms with Gasteiger partial charge in [0.2, 0.25) is 5.91 Å². The van der Waals surface area contributed by atoms with Crippen molar-refractivity contribution in [2.75, 3.05) is 24.7 Å². The van der Waals surface area contributed by atoms with Crippen LogP contribution in [0.5, 0.6) is 0 Å². The van der Waals surface area contributed by atoms with Gasteiger partial charge in [-0.25, -0.2) is 0 Å². The van der Waals surface area contributed by atoms with Crippen molar-refractivity contribution in [2.24, 2.45) is 5.92 Å². The number of carbonyl (C=O) groups is 1. The molecule has 0 aliphatic heterocycles. The van der Waals surface area contributed by atoms with E-state index in [1.54, 1.807) is 0 Å². The fourth-order valence-electron chi connectivity index (χ4n) is 1.94. The summed E-state index contributed by atoms with van der Waals surface area (Å²) >= 11 is 0. The van der Waals surface area contributed by atoms with Crippen LogP contribution in [-0.4, -0.2) is 25.7 Å². The van der Waals surface area contributed by atoms with Crippen LogP contribution in [0.25, 0.3) is 0 Å². The minimum absolute atomic E-state index is 0.147. The second-order valence-corrected chi connectivity index (χ2v) is 5.45. The van der Waals surface area contributed by atoms with Crippen molar-refractivity contribution >= 4 is 11.6 Å². The van der Waals surface area contributed by atoms with E-state index >= 15 is 0 Å². The second kappa shape index (κ2) is 9.54. The summed E-state index contributed by atoms with van der Waals surface area (Å²) in [5, 5.41) is 0. The molecule has 1 amide bonds. The lowest BCUT2D eigenvalue weighted by Crippen LogP contribution is -2.32. The number of unbranched alkanes of at least 4 members (excludes halogenated alkanes) is 1. The Morgan fingerprint density at radius 1 is 1.25 bits per heavy atom. The van der Waals surface area contributed by atoms with Crippen molar-refractivity contribution < 1.29 is 9.53 Å². The van der Waals surface area contributed by atoms with E-state index in [0.29, 0.717) is 25.6 Å². The van der Waals surface area contributed by atoms with Gasteiger partial charge in [0, 0.05) is 18.8 Å². The molecule has 1 aromatic carbocycles. The van der Waals surface area contributed by atoms with Gasteiger partial charge in [0.15, 0.2) is 0 Å². The maximum absolute atomic E-state index is 12.3. The molecule has 112 valence electrons. The minimum Gasteiger partial charge on any atom is -0.381 e. The molecule has 1 rings (SSSR count). The molecule has 20 heavy (non-hydrogen) atoms. The highest BCUT2D eigenvalue weighted by molar-refractivity contribution is 5.93. The van der Waals surface area contributed by atoms with Crippen LogP contribution in [0.15, 0.2) is 30.3 Å². The molecule has 0 heterocycles. The lowest BCUT2D eigenvalue weighted by atomic mass is 10.2. The van der Waals surface area contributed by atoms with Crippen LogP contribution in [0.4, 0.5) is 5.69 Å². The van der Waals surface area contributed by atoms with Gasteiger partial charge in [-0.05, 0) is 24.5 Å². The molecule has 1 aromatic rings. The van der Waals surface area contributed by atoms with Crippen LogP contribution < -0.4 is 4.90 Å². The number of rotatable bonds is 9. The molecule has 0 radical (unpaired) electrons. The number of anilines is 1. The number of carbonyl (C=O) groups excluding carboxylic acids is 1. The van der Waals surface area contributed by atoms with Gasteiger partial charge in [0.25, 0.3) is 0 Å². The van der Waals surface area contributed by atoms with Crippen LogP contribution in [0.2, 0.25) is 0 Å². The summed E-state index contributed by atoms with van der Waals surface area (Å²) in [6.45, 7) is 8.36. The maximum Gasteiger partial charge on any atom is 0.229 e. The van der Waals surface area contributed by atoms with Crippen molar-refractivity contribution in [1.82, 2.24) is 0 Å². The topological polar surface area (TPSA) is 29.5 Å². The average molecular weight is 277 g/mol. The fourth-order valence-corrected chi connectivity index (χ4v) is 1.94. The zero-order valence-corrected chi connectivity index (χ0v) is 13.0. The first-order chi connectivity index (χ1) is 9.65. The molecule has 0 aliphatic carbocycles. The SMILES string of the molecule is CCCCN(C(=O)CCOCC(C)C)c1ccccc1. The summed E-state index contributed by atoms with van der Waals surface area (Å²) in [7, 11) is 0. The molecule has 0 bridgehead atoms. The molecular weight excluding hydrogens is 250 g/mol. The molecule has 0 aromatic heterocycles. The summed E-state index contributed by atoms with van der Waals surface area (Å²) in [5.41, 5.74) is 0.981. The normalized spacial score (nSPS) is 10.8. The van der Waals surface area contributed by atoms with Gasteiger partial charge in [0.05, 0.1) is 13.0 Å². The van der Waals surface area contributed by atoms with E-state index in [9.17, 15) is 4.79 Å². The smallest absolute Gasteiger partial charge is 0.229 e. The highest BCUT2D eigenvalue weighted by atomic mass is 16.5. The molecule has 0 saturated heterocycles. The summed E-state index contributed by atoms with van der Waals surface area (Å²) in [6.07, 6.45) is 2.55. The Kier molecular flexibility index (Phi) is 7.97. The van der Waals surface area contributed by atoms with E-state index in [2.05, 4.69) is 20.8 Å². The Morgan fingerprint density at radius 3 is 2.55 bits per heavy atom. The first-order valence-electron chi connectivity index (χ1n) is 7.58. The fraction of sp³-hybridized carbons (Fsp3) is 0.588. The number of hydrogen-bond acceptors (Lipinski definition) is 2. The summed E-state index contributed by atoms with van der Waals surface area (Å²) in [6, 6.07) is 9.89. The largest absolute Gasteiger partial charge is 0.381 e. The van der Waals surface area contributed by atoms with E-state index in [1.807, 2.05) is 35.2 Å². The van der Waals surface area contributed by atoms with Crippen molar-refractivity contribution in [3.63, 3.8) is 0 Å². The lowest BCUT2D eigenvalue weighted by Gasteiger charge is -2.23. The molecule has 0 saturated carbocycles. The quantitative estimate of drug-likeness (QED) is 0.641. The predicted octanol–water partition coefficient (Wildman–Crippen LogP) is 3.88. The number of nitrogens with zero attached hydrogens (tertiary/aromatic N) is 1. The maximum atomic E-state index is 12.3. The Labute approximate surface area is 122 Å². The van der Waals surface area contributed by atoms with Crippen LogP contribution in [0.3, 0.4) is 0 Å². The first kappa shape index (κ1) is 16.7. The summed E-state index contributed by atoms with van der Waals surface area (Å²) < 4.78 is 5.51. The average Bonchev–Trinajstić information content (AvgIpc) is 2.45. The summed E-state index contributed by atoms with van der Waals surface area (Å²) in [5.74, 6) is 0.656. The van der Waals surface area contributed by atoms with E-state index < -0.39 is 0 Å². The monoisotopic (exact) mass is 277 g/mol. The molecule has 0 N–H and O–H groups in total. The standard InChI is InChI=1S/C17H27NO2/c1-4-5-12-18(16-9-7-6-8-10-16)17(19)11-13-20-14-15(2)3/h6-10,15H,4-5,11-14H2,1-3H3. The number of para-hydroxylation sites is 1. The first-order valence-corrected chi connectivity index (χ1v) is 7.58. The predicted molar refractivity (Wildman–Crippen MR) is 84.0 cm³/mol. The highest BCUT2D eigenvalue weighted by Gasteiger charge is 2.14. The third-order valence-electron chi connectivity index (χ3n) is 3.02. The van der Waals surface area contributed by atoms with Crippen molar-refractivity contribution in [3.8, 4) is 0 Å². The Balaban J connectivity index is 2.52. The molecule has 0 spiro atoms. The third-order valence-corrected chi connectivity index (χ3v) is 3.02. The molecular formula is C17H27NO2. The number of ether oxygens (including phenoxy) is 1. The molecule has 0 unspecified atom stereocenters. The van der Waals surface area contributed by atoms with Gasteiger partial charge in [-0.3, -0.25) is 4.79 Å². The molecule has 0 aliphatic rings. The van der Waals surface area contributed by atoms with Crippen LogP contribution >= 0.6 is 0 Å². The zero-order valence-electron chi connectivity index (χ0n) is 13.0. The van der Waals surface area contributed by atoms with Crippen LogP contribution in [0.1, 0.15) is 40.0 Å². The third kappa shape index (κ3) is 6.20. The second-order valence-electron chi connectivity index (χ2n) is 5.45. The van der Waals surface area contributed by atoms with E-state index in [4.69, 9.17) is 4.74 Å². The van der Waals surface area contributed by atoms with Crippen LogP contribution in [-0.2, 0) is 9.53 Å². The molecule has 0 atom stereocenters. The van der Waals surface area contributed by atoms with Crippen molar-refractivity contribution in [1.29, 1.82) is 0 Å². The van der Waals surface area contributed by atoms with Gasteiger partial charge in [-0.2, -0.15) is 0 Å². The van der Waals surface area contributed by atoms with Crippen LogP contribution in [0, 0.1) is 5.92 Å². The van der Waals surface area contributed by atoms with E-state index in [-0.39, 0.29) is 5.91 Å². The van der Waals surface area contributed by atoms with E-state index in [1.165, 1.54) is 0 Å². The Bertz CT molecular complexity index is 376. The van der Waals surface area contributed by atoms with Gasteiger partial charge < -0.3 is 9.64 Å². The lowest BCUT2D eigenvalue weighted by molar-refractivity contribution is -0.119. The highest BCUT2D eigenvalue weighted by Crippen LogP contribution is 2.15. The van der Waals surface area contributed by atoms with E-state index in [0.717, 1.165) is 25.1 Å². The van der Waals surface area contributed by atoms with Crippen molar-refractivity contribution in [2.45, 2.75) is 40.0 Å². The van der Waals surface area contributed by atoms with Gasteiger partial charge in [-0.15, -0.1) is 0 Å². The Morgan fingerprint density at radius 2 is 1.95 bits per heavy atom. The molecule has 3 nitrogen and oxygen atoms in total. The minimum atomic E-state index is 0.147. The Hall–Kier alpha value is -1.35. The zero-order chi connectivity index (χ0) is 14.8.